The standard InChI is InChI=1S/C21H26N2O5/c24-18(14-27-15-6-2-1-3-7-15)22-19-16-8-4-5-9-17(16)28-20(19)21(25)23-10-12-26-13-11-23/h4-5,8-9,15H,1-3,6-7,10-14H2,(H,22,24). The monoisotopic (exact) mass is 386 g/mol. The Morgan fingerprint density at radius 2 is 1.86 bits per heavy atom. The van der Waals surface area contributed by atoms with E-state index in [0.29, 0.717) is 43.0 Å². The molecule has 2 aromatic rings. The average Bonchev–Trinajstić information content (AvgIpc) is 3.11. The highest BCUT2D eigenvalue weighted by Crippen LogP contribution is 2.32. The van der Waals surface area contributed by atoms with Crippen molar-refractivity contribution in [2.24, 2.45) is 0 Å². The molecule has 28 heavy (non-hydrogen) atoms. The average molecular weight is 386 g/mol. The smallest absolute Gasteiger partial charge is 0.291 e. The van der Waals surface area contributed by atoms with E-state index >= 15 is 0 Å². The van der Waals surface area contributed by atoms with Crippen LogP contribution in [0.2, 0.25) is 0 Å². The molecule has 2 heterocycles. The van der Waals surface area contributed by atoms with Gasteiger partial charge in [-0.25, -0.2) is 0 Å². The highest BCUT2D eigenvalue weighted by Gasteiger charge is 2.27. The first-order valence-electron chi connectivity index (χ1n) is 10.0. The molecule has 0 unspecified atom stereocenters. The molecule has 1 aromatic heterocycles. The second-order valence-electron chi connectivity index (χ2n) is 7.33. The molecular weight excluding hydrogens is 360 g/mol. The number of para-hydroxylation sites is 1. The van der Waals surface area contributed by atoms with Gasteiger partial charge in [0.2, 0.25) is 5.76 Å². The lowest BCUT2D eigenvalue weighted by Crippen LogP contribution is -2.40. The maximum absolute atomic E-state index is 13.0. The molecular formula is C21H26N2O5. The Kier molecular flexibility index (Phi) is 5.92. The van der Waals surface area contributed by atoms with Gasteiger partial charge in [-0.15, -0.1) is 0 Å². The summed E-state index contributed by atoms with van der Waals surface area (Å²) in [5.74, 6) is -0.342. The fourth-order valence-corrected chi connectivity index (χ4v) is 3.83. The summed E-state index contributed by atoms with van der Waals surface area (Å²) < 4.78 is 16.9. The Morgan fingerprint density at radius 1 is 1.11 bits per heavy atom. The number of anilines is 1. The van der Waals surface area contributed by atoms with E-state index in [1.165, 1.54) is 6.42 Å². The van der Waals surface area contributed by atoms with E-state index in [0.717, 1.165) is 25.7 Å². The summed E-state index contributed by atoms with van der Waals surface area (Å²) in [6, 6.07) is 7.33. The lowest BCUT2D eigenvalue weighted by molar-refractivity contribution is -0.123. The van der Waals surface area contributed by atoms with Crippen LogP contribution >= 0.6 is 0 Å². The van der Waals surface area contributed by atoms with Crippen molar-refractivity contribution in [1.29, 1.82) is 0 Å². The Bertz CT molecular complexity index is 834. The highest BCUT2D eigenvalue weighted by molar-refractivity contribution is 6.11. The minimum absolute atomic E-state index is 0.0185. The molecule has 1 saturated heterocycles. The Morgan fingerprint density at radius 3 is 2.64 bits per heavy atom. The van der Waals surface area contributed by atoms with Crippen molar-refractivity contribution in [2.45, 2.75) is 38.2 Å². The summed E-state index contributed by atoms with van der Waals surface area (Å²) in [5, 5.41) is 3.57. The second kappa shape index (κ2) is 8.75. The molecule has 0 atom stereocenters. The van der Waals surface area contributed by atoms with Crippen LogP contribution in [0.25, 0.3) is 11.0 Å². The molecule has 2 aliphatic rings. The largest absolute Gasteiger partial charge is 0.449 e. The number of amides is 2. The number of morpholine rings is 1. The predicted octanol–water partition coefficient (Wildman–Crippen LogP) is 3.19. The lowest BCUT2D eigenvalue weighted by atomic mass is 9.98. The van der Waals surface area contributed by atoms with Gasteiger partial charge in [0, 0.05) is 18.5 Å². The number of carbonyl (C=O) groups excluding carboxylic acids is 2. The van der Waals surface area contributed by atoms with E-state index in [4.69, 9.17) is 13.9 Å². The fourth-order valence-electron chi connectivity index (χ4n) is 3.83. The zero-order valence-electron chi connectivity index (χ0n) is 15.9. The number of fused-ring (bicyclic) bond motifs is 1. The van der Waals surface area contributed by atoms with Crippen LogP contribution in [0.5, 0.6) is 0 Å². The summed E-state index contributed by atoms with van der Waals surface area (Å²) in [6.45, 7) is 2.00. The van der Waals surface area contributed by atoms with Crippen LogP contribution in [0.3, 0.4) is 0 Å². The molecule has 0 bridgehead atoms. The van der Waals surface area contributed by atoms with E-state index in [1.807, 2.05) is 18.2 Å². The van der Waals surface area contributed by atoms with Gasteiger partial charge in [0.1, 0.15) is 17.9 Å². The molecule has 1 saturated carbocycles. The van der Waals surface area contributed by atoms with Crippen molar-refractivity contribution < 1.29 is 23.5 Å². The Balaban J connectivity index is 1.51. The Hall–Kier alpha value is -2.38. The molecule has 7 heteroatoms. The molecule has 1 aliphatic heterocycles. The van der Waals surface area contributed by atoms with Gasteiger partial charge in [-0.1, -0.05) is 31.4 Å². The van der Waals surface area contributed by atoms with Crippen LogP contribution < -0.4 is 5.32 Å². The number of hydrogen-bond donors (Lipinski definition) is 1. The van der Waals surface area contributed by atoms with Crippen molar-refractivity contribution in [3.63, 3.8) is 0 Å². The van der Waals surface area contributed by atoms with Crippen LogP contribution in [-0.2, 0) is 14.3 Å². The van der Waals surface area contributed by atoms with Crippen LogP contribution in [0.4, 0.5) is 5.69 Å². The number of nitrogens with zero attached hydrogens (tertiary/aromatic N) is 1. The van der Waals surface area contributed by atoms with Crippen molar-refractivity contribution in [3.05, 3.63) is 30.0 Å². The molecule has 150 valence electrons. The van der Waals surface area contributed by atoms with E-state index in [9.17, 15) is 9.59 Å². The predicted molar refractivity (Wildman–Crippen MR) is 104 cm³/mol. The third-order valence-electron chi connectivity index (χ3n) is 5.35. The maximum Gasteiger partial charge on any atom is 0.291 e. The lowest BCUT2D eigenvalue weighted by Gasteiger charge is -2.26. The summed E-state index contributed by atoms with van der Waals surface area (Å²) >= 11 is 0. The first-order chi connectivity index (χ1) is 13.7. The van der Waals surface area contributed by atoms with Gasteiger partial charge in [-0.3, -0.25) is 9.59 Å². The highest BCUT2D eigenvalue weighted by atomic mass is 16.5. The summed E-state index contributed by atoms with van der Waals surface area (Å²) in [7, 11) is 0. The van der Waals surface area contributed by atoms with E-state index < -0.39 is 0 Å². The van der Waals surface area contributed by atoms with Crippen molar-refractivity contribution in [2.75, 3.05) is 38.2 Å². The number of benzene rings is 1. The van der Waals surface area contributed by atoms with Crippen LogP contribution in [0, 0.1) is 0 Å². The van der Waals surface area contributed by atoms with Crippen LogP contribution in [0.15, 0.2) is 28.7 Å². The summed E-state index contributed by atoms with van der Waals surface area (Å²) in [4.78, 5) is 27.2. The SMILES string of the molecule is O=C(COC1CCCCC1)Nc1c(C(=O)N2CCOCC2)oc2ccccc12. The quantitative estimate of drug-likeness (QED) is 0.854. The van der Waals surface area contributed by atoms with E-state index in [2.05, 4.69) is 5.32 Å². The van der Waals surface area contributed by atoms with E-state index in [-0.39, 0.29) is 30.3 Å². The fraction of sp³-hybridized carbons (Fsp3) is 0.524. The topological polar surface area (TPSA) is 81.0 Å². The van der Waals surface area contributed by atoms with Gasteiger partial charge < -0.3 is 24.1 Å². The number of furan rings is 1. The normalized spacial score (nSPS) is 18.4. The number of hydrogen-bond acceptors (Lipinski definition) is 5. The molecule has 2 amide bonds. The third kappa shape index (κ3) is 4.20. The minimum atomic E-state index is -0.270. The minimum Gasteiger partial charge on any atom is -0.449 e. The van der Waals surface area contributed by atoms with Crippen molar-refractivity contribution in [1.82, 2.24) is 4.90 Å². The zero-order chi connectivity index (χ0) is 19.3. The molecule has 7 nitrogen and oxygen atoms in total. The molecule has 0 spiro atoms. The van der Waals surface area contributed by atoms with Gasteiger partial charge >= 0.3 is 0 Å². The van der Waals surface area contributed by atoms with Crippen LogP contribution in [0.1, 0.15) is 42.7 Å². The number of nitrogens with one attached hydrogen (secondary N) is 1. The molecule has 1 aliphatic carbocycles. The second-order valence-corrected chi connectivity index (χ2v) is 7.33. The van der Waals surface area contributed by atoms with Crippen molar-refractivity contribution >= 4 is 28.5 Å². The maximum atomic E-state index is 13.0. The summed E-state index contributed by atoms with van der Waals surface area (Å²) in [6.07, 6.45) is 5.69. The van der Waals surface area contributed by atoms with E-state index in [1.54, 1.807) is 11.0 Å². The Labute approximate surface area is 163 Å². The first-order valence-corrected chi connectivity index (χ1v) is 10.0. The number of rotatable bonds is 5. The molecule has 2 fully saturated rings. The zero-order valence-corrected chi connectivity index (χ0v) is 15.9. The van der Waals surface area contributed by atoms with Crippen LogP contribution in [-0.4, -0.2) is 55.7 Å². The molecule has 4 rings (SSSR count). The van der Waals surface area contributed by atoms with Gasteiger partial charge in [-0.2, -0.15) is 0 Å². The molecule has 1 aromatic carbocycles. The summed E-state index contributed by atoms with van der Waals surface area (Å²) in [5.41, 5.74) is 0.993. The van der Waals surface area contributed by atoms with Crippen molar-refractivity contribution in [3.8, 4) is 0 Å². The number of ether oxygens (including phenoxy) is 2. The third-order valence-corrected chi connectivity index (χ3v) is 5.35. The van der Waals surface area contributed by atoms with Gasteiger partial charge in [0.25, 0.3) is 11.8 Å². The molecule has 0 radical (unpaired) electrons. The first kappa shape index (κ1) is 19.0. The number of carbonyl (C=O) groups is 2. The molecule has 1 N–H and O–H groups in total. The van der Waals surface area contributed by atoms with Gasteiger partial charge in [-0.05, 0) is 25.0 Å². The van der Waals surface area contributed by atoms with Gasteiger partial charge in [0.15, 0.2) is 0 Å². The van der Waals surface area contributed by atoms with Gasteiger partial charge in [0.05, 0.1) is 19.3 Å².